The number of ketones is 1. The normalized spacial score (nSPS) is 14.7. The number of imidazole rings is 1. The summed E-state index contributed by atoms with van der Waals surface area (Å²) in [5.74, 6) is -4.38. The van der Waals surface area contributed by atoms with Crippen molar-refractivity contribution in [2.45, 2.75) is 70.3 Å². The summed E-state index contributed by atoms with van der Waals surface area (Å²) in [4.78, 5) is 52.2. The average molecular weight is 673 g/mol. The van der Waals surface area contributed by atoms with Crippen LogP contribution < -0.4 is 5.32 Å². The number of aliphatic carboxylic acids is 2. The summed E-state index contributed by atoms with van der Waals surface area (Å²) in [7, 11) is 2.09. The number of Topliss-reactive ketones (excluding diaryl/α,β-unsaturated/α-hetero) is 1. The number of piperidine rings is 1. The second-order valence-corrected chi connectivity index (χ2v) is 10.6. The van der Waals surface area contributed by atoms with Crippen LogP contribution in [0.15, 0.2) is 30.5 Å². The van der Waals surface area contributed by atoms with Crippen molar-refractivity contribution in [3.05, 3.63) is 41.3 Å². The minimum Gasteiger partial charge on any atom is -0.475 e. The number of benzene rings is 1. The van der Waals surface area contributed by atoms with Gasteiger partial charge in [-0.3, -0.25) is 4.79 Å². The van der Waals surface area contributed by atoms with E-state index in [9.17, 15) is 35.9 Å². The van der Waals surface area contributed by atoms with Gasteiger partial charge in [0.15, 0.2) is 0 Å². The lowest BCUT2D eigenvalue weighted by atomic mass is 9.95. The minimum atomic E-state index is -5.08. The predicted molar refractivity (Wildman–Crippen MR) is 151 cm³/mol. The number of carbonyl (C=O) groups excluding carboxylic acids is 2. The molecule has 1 unspecified atom stereocenters. The SMILES string of the molecule is CC(=O)CCCCCC(NC(=O)C1CCN(C)CC1)c1ncc(-c2ccccc2Cl)[nH]1.O=C(O)C(F)(F)F.O=C(O)C(F)(F)F. The maximum absolute atomic E-state index is 13.0. The molecule has 0 spiro atoms. The van der Waals surface area contributed by atoms with Crippen molar-refractivity contribution in [3.8, 4) is 11.3 Å². The smallest absolute Gasteiger partial charge is 0.475 e. The van der Waals surface area contributed by atoms with Crippen LogP contribution >= 0.6 is 11.6 Å². The van der Waals surface area contributed by atoms with Gasteiger partial charge in [0.25, 0.3) is 0 Å². The molecule has 2 heterocycles. The van der Waals surface area contributed by atoms with Gasteiger partial charge in [-0.05, 0) is 58.8 Å². The summed E-state index contributed by atoms with van der Waals surface area (Å²) in [6, 6.07) is 7.46. The Kier molecular flexibility index (Phi) is 16.0. The van der Waals surface area contributed by atoms with Crippen LogP contribution in [-0.2, 0) is 19.2 Å². The zero-order chi connectivity index (χ0) is 34.4. The first-order valence-electron chi connectivity index (χ1n) is 13.7. The van der Waals surface area contributed by atoms with Crippen LogP contribution in [0.5, 0.6) is 0 Å². The average Bonchev–Trinajstić information content (AvgIpc) is 3.42. The van der Waals surface area contributed by atoms with Crippen molar-refractivity contribution in [1.82, 2.24) is 20.2 Å². The van der Waals surface area contributed by atoms with E-state index in [0.29, 0.717) is 11.4 Å². The second-order valence-electron chi connectivity index (χ2n) is 10.2. The van der Waals surface area contributed by atoms with Crippen molar-refractivity contribution in [3.63, 3.8) is 0 Å². The number of nitrogens with zero attached hydrogens (tertiary/aromatic N) is 2. The maximum Gasteiger partial charge on any atom is 0.490 e. The lowest BCUT2D eigenvalue weighted by Gasteiger charge is -2.29. The van der Waals surface area contributed by atoms with Crippen LogP contribution in [-0.4, -0.2) is 81.2 Å². The highest BCUT2D eigenvalue weighted by atomic mass is 35.5. The molecule has 0 saturated carbocycles. The standard InChI is InChI=1S/C24H33ClN4O2.2C2HF3O2/c1-17(30)8-4-3-5-11-21(28-24(31)18-12-14-29(2)15-13-18)23-26-16-22(27-23)19-9-6-7-10-20(19)25;2*3-2(4,5)1(6)7/h6-7,9-10,16,18,21H,3-5,8,11-15H2,1-2H3,(H,26,27)(H,28,31);2*(H,6,7). The fourth-order valence-electron chi connectivity index (χ4n) is 4.07. The molecule has 252 valence electrons. The summed E-state index contributed by atoms with van der Waals surface area (Å²) in [6.45, 7) is 3.53. The van der Waals surface area contributed by atoms with Crippen LogP contribution in [0.25, 0.3) is 11.3 Å². The molecule has 1 aromatic carbocycles. The summed E-state index contributed by atoms with van der Waals surface area (Å²) < 4.78 is 63.5. The molecule has 17 heteroatoms. The van der Waals surface area contributed by atoms with Crippen LogP contribution in [0.2, 0.25) is 5.02 Å². The number of aromatic nitrogens is 2. The summed E-state index contributed by atoms with van der Waals surface area (Å²) in [6.07, 6.45) is -2.45. The highest BCUT2D eigenvalue weighted by Crippen LogP contribution is 2.28. The molecule has 2 aromatic rings. The third-order valence-electron chi connectivity index (χ3n) is 6.50. The van der Waals surface area contributed by atoms with E-state index < -0.39 is 24.3 Å². The number of amides is 1. The van der Waals surface area contributed by atoms with Crippen LogP contribution in [0.4, 0.5) is 26.3 Å². The van der Waals surface area contributed by atoms with E-state index in [1.54, 1.807) is 13.1 Å². The Morgan fingerprint density at radius 2 is 1.53 bits per heavy atom. The van der Waals surface area contributed by atoms with Gasteiger partial charge in [0.05, 0.1) is 17.9 Å². The molecular formula is C28H35ClF6N4O6. The van der Waals surface area contributed by atoms with Gasteiger partial charge < -0.3 is 30.2 Å². The zero-order valence-electron chi connectivity index (χ0n) is 24.5. The molecule has 1 saturated heterocycles. The van der Waals surface area contributed by atoms with Crippen LogP contribution in [0.1, 0.15) is 63.7 Å². The summed E-state index contributed by atoms with van der Waals surface area (Å²) in [5, 5.41) is 18.2. The number of nitrogens with one attached hydrogen (secondary N) is 2. The highest BCUT2D eigenvalue weighted by molar-refractivity contribution is 6.33. The number of alkyl halides is 6. The Morgan fingerprint density at radius 3 is 2.02 bits per heavy atom. The largest absolute Gasteiger partial charge is 0.490 e. The lowest BCUT2D eigenvalue weighted by Crippen LogP contribution is -2.40. The molecule has 45 heavy (non-hydrogen) atoms. The van der Waals surface area contributed by atoms with E-state index in [2.05, 4.69) is 27.2 Å². The number of hydrogen-bond acceptors (Lipinski definition) is 6. The molecule has 3 rings (SSSR count). The van der Waals surface area contributed by atoms with Crippen molar-refractivity contribution < 1.29 is 55.7 Å². The van der Waals surface area contributed by atoms with E-state index in [-0.39, 0.29) is 23.7 Å². The number of carbonyl (C=O) groups is 4. The fraction of sp³-hybridized carbons (Fsp3) is 0.536. The highest BCUT2D eigenvalue weighted by Gasteiger charge is 2.39. The number of H-pyrrole nitrogens is 1. The molecule has 1 aromatic heterocycles. The second kappa shape index (κ2) is 18.3. The maximum atomic E-state index is 13.0. The van der Waals surface area contributed by atoms with E-state index in [0.717, 1.165) is 68.7 Å². The van der Waals surface area contributed by atoms with Gasteiger partial charge in [-0.15, -0.1) is 0 Å². The predicted octanol–water partition coefficient (Wildman–Crippen LogP) is 6.04. The van der Waals surface area contributed by atoms with Crippen molar-refractivity contribution in [1.29, 1.82) is 0 Å². The molecule has 1 aliphatic rings. The third kappa shape index (κ3) is 15.3. The molecule has 1 fully saturated rings. The number of hydrogen-bond donors (Lipinski definition) is 4. The first-order chi connectivity index (χ1) is 20.8. The molecule has 0 aliphatic carbocycles. The molecule has 1 atom stereocenters. The Bertz CT molecular complexity index is 1240. The molecule has 4 N–H and O–H groups in total. The number of carboxylic acid groups (broad SMARTS) is 2. The minimum absolute atomic E-state index is 0.0504. The Labute approximate surface area is 260 Å². The van der Waals surface area contributed by atoms with Crippen LogP contribution in [0.3, 0.4) is 0 Å². The van der Waals surface area contributed by atoms with Gasteiger partial charge in [0.1, 0.15) is 11.6 Å². The van der Waals surface area contributed by atoms with Gasteiger partial charge in [-0.2, -0.15) is 26.3 Å². The van der Waals surface area contributed by atoms with E-state index in [1.165, 1.54) is 0 Å². The van der Waals surface area contributed by atoms with E-state index >= 15 is 0 Å². The molecule has 1 amide bonds. The Balaban J connectivity index is 0.000000601. The summed E-state index contributed by atoms with van der Waals surface area (Å²) >= 11 is 6.34. The molecule has 1 aliphatic heterocycles. The first-order valence-corrected chi connectivity index (χ1v) is 14.1. The number of unbranched alkanes of at least 4 members (excludes halogenated alkanes) is 2. The quantitative estimate of drug-likeness (QED) is 0.176. The van der Waals surface area contributed by atoms with Gasteiger partial charge in [-0.25, -0.2) is 14.6 Å². The van der Waals surface area contributed by atoms with Gasteiger partial charge in [0.2, 0.25) is 5.91 Å². The van der Waals surface area contributed by atoms with E-state index in [4.69, 9.17) is 31.4 Å². The fourth-order valence-corrected chi connectivity index (χ4v) is 4.30. The number of likely N-dealkylation sites (tertiary alicyclic amines) is 1. The zero-order valence-corrected chi connectivity index (χ0v) is 25.2. The van der Waals surface area contributed by atoms with E-state index in [1.807, 2.05) is 24.3 Å². The Hall–Kier alpha value is -3.66. The molecule has 0 bridgehead atoms. The monoisotopic (exact) mass is 672 g/mol. The lowest BCUT2D eigenvalue weighted by molar-refractivity contribution is -0.193. The number of halogens is 7. The summed E-state index contributed by atoms with van der Waals surface area (Å²) in [5.41, 5.74) is 1.74. The van der Waals surface area contributed by atoms with Crippen molar-refractivity contribution in [2.24, 2.45) is 5.92 Å². The van der Waals surface area contributed by atoms with Gasteiger partial charge in [0, 0.05) is 22.9 Å². The number of aromatic amines is 1. The first kappa shape index (κ1) is 39.4. The topological polar surface area (TPSA) is 153 Å². The van der Waals surface area contributed by atoms with Gasteiger partial charge >= 0.3 is 24.3 Å². The van der Waals surface area contributed by atoms with Crippen LogP contribution in [0, 0.1) is 5.92 Å². The van der Waals surface area contributed by atoms with Crippen molar-refractivity contribution in [2.75, 3.05) is 20.1 Å². The Morgan fingerprint density at radius 1 is 1.00 bits per heavy atom. The molecule has 0 radical (unpaired) electrons. The third-order valence-corrected chi connectivity index (χ3v) is 6.83. The van der Waals surface area contributed by atoms with Gasteiger partial charge in [-0.1, -0.05) is 42.6 Å². The number of carboxylic acids is 2. The molecular weight excluding hydrogens is 638 g/mol. The molecule has 10 nitrogen and oxygen atoms in total. The number of rotatable bonds is 10. The van der Waals surface area contributed by atoms with Crippen molar-refractivity contribution >= 4 is 35.2 Å².